The zero-order chi connectivity index (χ0) is 13.3. The summed E-state index contributed by atoms with van der Waals surface area (Å²) in [4.78, 5) is 11.0. The first kappa shape index (κ1) is 13.2. The molecule has 2 atom stereocenters. The van der Waals surface area contributed by atoms with Crippen molar-refractivity contribution < 1.29 is 14.6 Å². The van der Waals surface area contributed by atoms with E-state index in [2.05, 4.69) is 5.32 Å². The molecule has 1 aromatic rings. The van der Waals surface area contributed by atoms with E-state index in [1.54, 1.807) is 13.2 Å². The molecule has 1 saturated heterocycles. The first-order valence-electron chi connectivity index (χ1n) is 5.83. The lowest BCUT2D eigenvalue weighted by Crippen LogP contribution is -2.17. The van der Waals surface area contributed by atoms with Crippen molar-refractivity contribution in [3.05, 3.63) is 28.3 Å². The Morgan fingerprint density at radius 2 is 2.28 bits per heavy atom. The first-order chi connectivity index (χ1) is 8.52. The molecule has 98 valence electrons. The van der Waals surface area contributed by atoms with Gasteiger partial charge >= 0.3 is 5.97 Å². The van der Waals surface area contributed by atoms with Crippen LogP contribution in [0.3, 0.4) is 0 Å². The normalized spacial score (nSPS) is 23.1. The summed E-state index contributed by atoms with van der Waals surface area (Å²) in [5.41, 5.74) is 1.99. The lowest BCUT2D eigenvalue weighted by atomic mass is 9.96. The molecule has 4 nitrogen and oxygen atoms in total. The summed E-state index contributed by atoms with van der Waals surface area (Å²) < 4.78 is 5.20. The summed E-state index contributed by atoms with van der Waals surface area (Å²) in [6.45, 7) is 2.43. The van der Waals surface area contributed by atoms with E-state index in [0.29, 0.717) is 23.7 Å². The number of hydrogen-bond acceptors (Lipinski definition) is 3. The molecule has 0 spiro atoms. The van der Waals surface area contributed by atoms with Crippen molar-refractivity contribution in [1.82, 2.24) is 5.32 Å². The predicted octanol–water partition coefficient (Wildman–Crippen LogP) is 2.39. The van der Waals surface area contributed by atoms with Crippen molar-refractivity contribution in [2.75, 3.05) is 13.7 Å². The van der Waals surface area contributed by atoms with Gasteiger partial charge in [-0.1, -0.05) is 11.6 Å². The average molecular weight is 270 g/mol. The zero-order valence-corrected chi connectivity index (χ0v) is 11.1. The standard InChI is InChI=1S/C13H16ClNO3/c1-7-10(4-9(18-2)5-11(7)14)12-3-8(6-15-12)13(16)17/h4-5,8,12,15H,3,6H2,1-2H3,(H,16,17). The van der Waals surface area contributed by atoms with E-state index in [-0.39, 0.29) is 12.0 Å². The fourth-order valence-corrected chi connectivity index (χ4v) is 2.53. The summed E-state index contributed by atoms with van der Waals surface area (Å²) >= 11 is 6.15. The van der Waals surface area contributed by atoms with E-state index < -0.39 is 5.97 Å². The van der Waals surface area contributed by atoms with Gasteiger partial charge in [-0.15, -0.1) is 0 Å². The second-order valence-electron chi connectivity index (χ2n) is 4.56. The number of rotatable bonds is 3. The fourth-order valence-electron chi connectivity index (χ4n) is 2.31. The summed E-state index contributed by atoms with van der Waals surface area (Å²) in [6.07, 6.45) is 0.583. The van der Waals surface area contributed by atoms with Crippen LogP contribution in [0.5, 0.6) is 5.75 Å². The molecular formula is C13H16ClNO3. The number of aliphatic carboxylic acids is 1. The number of methoxy groups -OCH3 is 1. The second-order valence-corrected chi connectivity index (χ2v) is 4.96. The van der Waals surface area contributed by atoms with Crippen molar-refractivity contribution in [3.8, 4) is 5.75 Å². The number of nitrogens with one attached hydrogen (secondary N) is 1. The maximum absolute atomic E-state index is 11.0. The van der Waals surface area contributed by atoms with E-state index in [1.807, 2.05) is 13.0 Å². The number of halogens is 1. The Kier molecular flexibility index (Phi) is 3.78. The van der Waals surface area contributed by atoms with Gasteiger partial charge in [-0.2, -0.15) is 0 Å². The summed E-state index contributed by atoms with van der Waals surface area (Å²) in [5.74, 6) is -0.391. The van der Waals surface area contributed by atoms with Crippen molar-refractivity contribution in [3.63, 3.8) is 0 Å². The van der Waals surface area contributed by atoms with Gasteiger partial charge in [-0.3, -0.25) is 4.79 Å². The Labute approximate surface area is 111 Å². The van der Waals surface area contributed by atoms with Gasteiger partial charge in [0.1, 0.15) is 5.75 Å². The smallest absolute Gasteiger partial charge is 0.307 e. The number of benzene rings is 1. The van der Waals surface area contributed by atoms with Gasteiger partial charge in [0, 0.05) is 17.6 Å². The van der Waals surface area contributed by atoms with Gasteiger partial charge in [0.05, 0.1) is 13.0 Å². The van der Waals surface area contributed by atoms with Crippen LogP contribution in [0.4, 0.5) is 0 Å². The van der Waals surface area contributed by atoms with Crippen LogP contribution < -0.4 is 10.1 Å². The molecule has 0 bridgehead atoms. The minimum Gasteiger partial charge on any atom is -0.497 e. The lowest BCUT2D eigenvalue weighted by Gasteiger charge is -2.16. The molecule has 2 rings (SSSR count). The lowest BCUT2D eigenvalue weighted by molar-refractivity contribution is -0.141. The van der Waals surface area contributed by atoms with Gasteiger partial charge in [-0.25, -0.2) is 0 Å². The van der Waals surface area contributed by atoms with E-state index in [9.17, 15) is 4.79 Å². The van der Waals surface area contributed by atoms with E-state index >= 15 is 0 Å². The highest BCUT2D eigenvalue weighted by Crippen LogP contribution is 2.35. The van der Waals surface area contributed by atoms with Crippen LogP contribution in [0.2, 0.25) is 5.02 Å². The van der Waals surface area contributed by atoms with Gasteiger partial charge in [0.25, 0.3) is 0 Å². The molecule has 5 heteroatoms. The van der Waals surface area contributed by atoms with Crippen LogP contribution >= 0.6 is 11.6 Å². The molecule has 2 N–H and O–H groups in total. The van der Waals surface area contributed by atoms with Crippen molar-refractivity contribution >= 4 is 17.6 Å². The molecule has 0 aliphatic carbocycles. The molecule has 1 heterocycles. The molecule has 0 radical (unpaired) electrons. The number of carboxylic acids is 1. The predicted molar refractivity (Wildman–Crippen MR) is 69.2 cm³/mol. The average Bonchev–Trinajstić information content (AvgIpc) is 2.82. The van der Waals surface area contributed by atoms with E-state index in [1.165, 1.54) is 0 Å². The topological polar surface area (TPSA) is 58.6 Å². The fraction of sp³-hybridized carbons (Fsp3) is 0.462. The van der Waals surface area contributed by atoms with Gasteiger partial charge < -0.3 is 15.2 Å². The molecule has 1 aliphatic rings. The minimum atomic E-state index is -0.753. The van der Waals surface area contributed by atoms with Crippen LogP contribution in [0.15, 0.2) is 12.1 Å². The Morgan fingerprint density at radius 1 is 1.56 bits per heavy atom. The number of hydrogen-bond donors (Lipinski definition) is 2. The Balaban J connectivity index is 2.29. The Bertz CT molecular complexity index is 476. The second kappa shape index (κ2) is 5.16. The molecule has 1 aromatic carbocycles. The Morgan fingerprint density at radius 3 is 2.83 bits per heavy atom. The summed E-state index contributed by atoms with van der Waals surface area (Å²) in [5, 5.41) is 12.9. The van der Waals surface area contributed by atoms with Crippen LogP contribution in [0.1, 0.15) is 23.6 Å². The molecule has 0 saturated carbocycles. The van der Waals surface area contributed by atoms with Gasteiger partial charge in [-0.05, 0) is 36.6 Å². The third-order valence-corrected chi connectivity index (χ3v) is 3.84. The molecule has 1 fully saturated rings. The number of carbonyl (C=O) groups is 1. The zero-order valence-electron chi connectivity index (χ0n) is 10.4. The van der Waals surface area contributed by atoms with Gasteiger partial charge in [0.2, 0.25) is 0 Å². The van der Waals surface area contributed by atoms with Crippen molar-refractivity contribution in [2.45, 2.75) is 19.4 Å². The van der Waals surface area contributed by atoms with Crippen LogP contribution in [0.25, 0.3) is 0 Å². The molecule has 18 heavy (non-hydrogen) atoms. The van der Waals surface area contributed by atoms with Crippen LogP contribution in [0, 0.1) is 12.8 Å². The Hall–Kier alpha value is -1.26. The maximum atomic E-state index is 11.0. The highest BCUT2D eigenvalue weighted by Gasteiger charge is 2.31. The molecule has 0 aromatic heterocycles. The maximum Gasteiger partial charge on any atom is 0.307 e. The number of ether oxygens (including phenoxy) is 1. The summed E-state index contributed by atoms with van der Waals surface area (Å²) in [7, 11) is 1.59. The van der Waals surface area contributed by atoms with Crippen LogP contribution in [-0.4, -0.2) is 24.7 Å². The SMILES string of the molecule is COc1cc(Cl)c(C)c(C2CC(C(=O)O)CN2)c1. The third kappa shape index (κ3) is 2.44. The van der Waals surface area contributed by atoms with Gasteiger partial charge in [0.15, 0.2) is 0 Å². The molecular weight excluding hydrogens is 254 g/mol. The quantitative estimate of drug-likeness (QED) is 0.885. The highest BCUT2D eigenvalue weighted by atomic mass is 35.5. The summed E-state index contributed by atoms with van der Waals surface area (Å²) in [6, 6.07) is 3.71. The van der Waals surface area contributed by atoms with E-state index in [0.717, 1.165) is 11.1 Å². The monoisotopic (exact) mass is 269 g/mol. The molecule has 2 unspecified atom stereocenters. The van der Waals surface area contributed by atoms with E-state index in [4.69, 9.17) is 21.4 Å². The first-order valence-corrected chi connectivity index (χ1v) is 6.21. The molecule has 0 amide bonds. The van der Waals surface area contributed by atoms with Crippen molar-refractivity contribution in [2.24, 2.45) is 5.92 Å². The van der Waals surface area contributed by atoms with Crippen molar-refractivity contribution in [1.29, 1.82) is 0 Å². The minimum absolute atomic E-state index is 0.0266. The third-order valence-electron chi connectivity index (χ3n) is 3.45. The largest absolute Gasteiger partial charge is 0.497 e. The number of carboxylic acid groups (broad SMARTS) is 1. The van der Waals surface area contributed by atoms with Crippen LogP contribution in [-0.2, 0) is 4.79 Å². The molecule has 1 aliphatic heterocycles. The highest BCUT2D eigenvalue weighted by molar-refractivity contribution is 6.31.